The lowest BCUT2D eigenvalue weighted by Crippen LogP contribution is -2.15. The zero-order valence-corrected chi connectivity index (χ0v) is 19.5. The molecule has 0 atom stereocenters. The van der Waals surface area contributed by atoms with Gasteiger partial charge in [0.05, 0.1) is 17.6 Å². The molecule has 1 amide bonds. The predicted octanol–water partition coefficient (Wildman–Crippen LogP) is 3.05. The number of nitrogens with one attached hydrogen (secondary N) is 3. The summed E-state index contributed by atoms with van der Waals surface area (Å²) in [5.74, 6) is 0.0833. The molecule has 0 spiro atoms. The van der Waals surface area contributed by atoms with Crippen LogP contribution >= 0.6 is 0 Å². The third-order valence-corrected chi connectivity index (χ3v) is 6.26. The monoisotopic (exact) mass is 493 g/mol. The van der Waals surface area contributed by atoms with E-state index in [1.54, 1.807) is 18.2 Å². The molecule has 35 heavy (non-hydrogen) atoms. The largest absolute Gasteiger partial charge is 0.487 e. The summed E-state index contributed by atoms with van der Waals surface area (Å²) in [6.07, 6.45) is 4.50. The van der Waals surface area contributed by atoms with Gasteiger partial charge in [-0.05, 0) is 24.6 Å². The van der Waals surface area contributed by atoms with E-state index in [4.69, 9.17) is 10.5 Å². The second kappa shape index (κ2) is 10.2. The highest BCUT2D eigenvalue weighted by Crippen LogP contribution is 2.35. The van der Waals surface area contributed by atoms with Gasteiger partial charge in [0.15, 0.2) is 0 Å². The third-order valence-electron chi connectivity index (χ3n) is 4.97. The second-order valence-electron chi connectivity index (χ2n) is 7.39. The fraction of sp³-hybridized carbons (Fsp3) is 0.130. The number of rotatable bonds is 10. The summed E-state index contributed by atoms with van der Waals surface area (Å²) in [7, 11) is -3.56. The van der Waals surface area contributed by atoms with E-state index in [1.807, 2.05) is 30.3 Å². The number of anilines is 3. The molecule has 0 fully saturated rings. The van der Waals surface area contributed by atoms with Crippen LogP contribution in [0.3, 0.4) is 0 Å². The van der Waals surface area contributed by atoms with Gasteiger partial charge in [-0.1, -0.05) is 36.4 Å². The van der Waals surface area contributed by atoms with Crippen LogP contribution in [0, 0.1) is 0 Å². The zero-order chi connectivity index (χ0) is 24.8. The van der Waals surface area contributed by atoms with Crippen molar-refractivity contribution >= 4 is 33.3 Å². The molecule has 0 aliphatic carbocycles. The van der Waals surface area contributed by atoms with Crippen LogP contribution < -0.4 is 20.5 Å². The zero-order valence-electron chi connectivity index (χ0n) is 18.7. The molecule has 0 bridgehead atoms. The van der Waals surface area contributed by atoms with E-state index in [2.05, 4.69) is 30.2 Å². The van der Waals surface area contributed by atoms with Crippen LogP contribution in [0.25, 0.3) is 11.3 Å². The molecule has 2 heterocycles. The first kappa shape index (κ1) is 23.7. The van der Waals surface area contributed by atoms with Crippen molar-refractivity contribution in [2.75, 3.05) is 15.8 Å². The first-order valence-electron chi connectivity index (χ1n) is 10.6. The first-order chi connectivity index (χ1) is 16.9. The Bertz CT molecular complexity index is 1430. The summed E-state index contributed by atoms with van der Waals surface area (Å²) in [6.45, 7) is 1.74. The number of nitrogens with two attached hydrogens (primary N) is 1. The number of aromatic amines is 1. The minimum absolute atomic E-state index is 0.102. The van der Waals surface area contributed by atoms with Crippen LogP contribution in [0.5, 0.6) is 5.75 Å². The van der Waals surface area contributed by atoms with Gasteiger partial charge < -0.3 is 15.8 Å². The smallest absolute Gasteiger partial charge is 0.254 e. The summed E-state index contributed by atoms with van der Waals surface area (Å²) >= 11 is 0. The fourth-order valence-electron chi connectivity index (χ4n) is 3.22. The van der Waals surface area contributed by atoms with Crippen molar-refractivity contribution in [3.05, 3.63) is 78.2 Å². The van der Waals surface area contributed by atoms with Crippen molar-refractivity contribution < 1.29 is 17.9 Å². The molecule has 11 nitrogen and oxygen atoms in total. The standard InChI is InChI=1S/C23H23N7O4S/c1-2-35(32,33)30-17-9-8-16(12-18(17)34-14-15-6-4-3-5-7-15)21-20(22(24)31)23(29-28-21)27-19-13-25-10-11-26-19/h3-13,30H,2,14H2,1H3,(H2,24,31)(H2,26,27,28,29). The van der Waals surface area contributed by atoms with Gasteiger partial charge in [0.25, 0.3) is 5.91 Å². The normalized spacial score (nSPS) is 11.1. The number of hydrogen-bond donors (Lipinski definition) is 4. The molecule has 0 aliphatic heterocycles. The van der Waals surface area contributed by atoms with Gasteiger partial charge >= 0.3 is 0 Å². The Kier molecular flexibility index (Phi) is 6.92. The maximum absolute atomic E-state index is 12.3. The number of carbonyl (C=O) groups excluding carboxylic acids is 1. The van der Waals surface area contributed by atoms with Crippen LogP contribution in [-0.2, 0) is 16.6 Å². The molecule has 4 rings (SSSR count). The van der Waals surface area contributed by atoms with Crippen LogP contribution in [0.2, 0.25) is 0 Å². The quantitative estimate of drug-likeness (QED) is 0.262. The van der Waals surface area contributed by atoms with E-state index >= 15 is 0 Å². The Morgan fingerprint density at radius 1 is 1.14 bits per heavy atom. The Balaban J connectivity index is 1.72. The van der Waals surface area contributed by atoms with Crippen molar-refractivity contribution in [1.29, 1.82) is 0 Å². The lowest BCUT2D eigenvalue weighted by atomic mass is 10.1. The molecule has 4 aromatic rings. The van der Waals surface area contributed by atoms with Crippen LogP contribution in [-0.4, -0.2) is 40.2 Å². The van der Waals surface area contributed by atoms with Gasteiger partial charge in [0.1, 0.15) is 35.2 Å². The lowest BCUT2D eigenvalue weighted by Gasteiger charge is -2.15. The topological polar surface area (TPSA) is 165 Å². The Hall–Kier alpha value is -4.45. The molecule has 0 aliphatic rings. The van der Waals surface area contributed by atoms with Gasteiger partial charge in [0, 0.05) is 18.0 Å². The molecule has 0 unspecified atom stereocenters. The average Bonchev–Trinajstić information content (AvgIpc) is 3.28. The average molecular weight is 494 g/mol. The summed E-state index contributed by atoms with van der Waals surface area (Å²) in [5, 5.41) is 9.95. The maximum Gasteiger partial charge on any atom is 0.254 e. The number of primary amides is 1. The Morgan fingerprint density at radius 2 is 1.94 bits per heavy atom. The molecular weight excluding hydrogens is 470 g/mol. The highest BCUT2D eigenvalue weighted by molar-refractivity contribution is 7.92. The summed E-state index contributed by atoms with van der Waals surface area (Å²) in [4.78, 5) is 20.4. The number of aromatic nitrogens is 4. The number of nitrogens with zero attached hydrogens (tertiary/aromatic N) is 3. The number of carbonyl (C=O) groups is 1. The van der Waals surface area contributed by atoms with E-state index in [-0.39, 0.29) is 40.9 Å². The van der Waals surface area contributed by atoms with Crippen LogP contribution in [0.1, 0.15) is 22.8 Å². The molecule has 2 aromatic heterocycles. The van der Waals surface area contributed by atoms with E-state index < -0.39 is 15.9 Å². The molecule has 2 aromatic carbocycles. The number of amides is 1. The van der Waals surface area contributed by atoms with Crippen molar-refractivity contribution in [1.82, 2.24) is 20.2 Å². The van der Waals surface area contributed by atoms with Crippen molar-refractivity contribution in [2.45, 2.75) is 13.5 Å². The Labute approximate surface area is 201 Å². The summed E-state index contributed by atoms with van der Waals surface area (Å²) < 4.78 is 32.9. The lowest BCUT2D eigenvalue weighted by molar-refractivity contribution is 0.100. The van der Waals surface area contributed by atoms with E-state index in [0.29, 0.717) is 11.4 Å². The minimum Gasteiger partial charge on any atom is -0.487 e. The number of sulfonamides is 1. The van der Waals surface area contributed by atoms with Crippen molar-refractivity contribution in [2.24, 2.45) is 5.73 Å². The number of ether oxygens (including phenoxy) is 1. The van der Waals surface area contributed by atoms with Crippen LogP contribution in [0.4, 0.5) is 17.3 Å². The van der Waals surface area contributed by atoms with Crippen molar-refractivity contribution in [3.63, 3.8) is 0 Å². The number of benzene rings is 2. The molecule has 180 valence electrons. The number of hydrogen-bond acceptors (Lipinski definition) is 8. The Morgan fingerprint density at radius 3 is 2.63 bits per heavy atom. The van der Waals surface area contributed by atoms with E-state index in [1.165, 1.54) is 25.5 Å². The number of H-pyrrole nitrogens is 1. The SMILES string of the molecule is CCS(=O)(=O)Nc1ccc(-c2n[nH]c(Nc3cnccn3)c2C(N)=O)cc1OCc1ccccc1. The van der Waals surface area contributed by atoms with E-state index in [9.17, 15) is 13.2 Å². The highest BCUT2D eigenvalue weighted by atomic mass is 32.2. The van der Waals surface area contributed by atoms with Gasteiger partial charge in [-0.25, -0.2) is 13.4 Å². The van der Waals surface area contributed by atoms with Gasteiger partial charge in [-0.3, -0.25) is 19.6 Å². The van der Waals surface area contributed by atoms with E-state index in [0.717, 1.165) is 5.56 Å². The van der Waals surface area contributed by atoms with Crippen LogP contribution in [0.15, 0.2) is 67.1 Å². The van der Waals surface area contributed by atoms with Gasteiger partial charge in [0.2, 0.25) is 10.0 Å². The highest BCUT2D eigenvalue weighted by Gasteiger charge is 2.22. The first-order valence-corrected chi connectivity index (χ1v) is 12.2. The summed E-state index contributed by atoms with van der Waals surface area (Å²) in [5.41, 5.74) is 7.68. The molecule has 12 heteroatoms. The molecule has 5 N–H and O–H groups in total. The molecule has 0 saturated carbocycles. The predicted molar refractivity (Wildman–Crippen MR) is 132 cm³/mol. The third kappa shape index (κ3) is 5.73. The fourth-order valence-corrected chi connectivity index (χ4v) is 3.87. The maximum atomic E-state index is 12.3. The van der Waals surface area contributed by atoms with Crippen molar-refractivity contribution in [3.8, 4) is 17.0 Å². The molecule has 0 saturated heterocycles. The second-order valence-corrected chi connectivity index (χ2v) is 9.40. The minimum atomic E-state index is -3.56. The summed E-state index contributed by atoms with van der Waals surface area (Å²) in [6, 6.07) is 14.2. The molecule has 0 radical (unpaired) electrons. The van der Waals surface area contributed by atoms with Gasteiger partial charge in [-0.15, -0.1) is 0 Å². The molecular formula is C23H23N7O4S. The van der Waals surface area contributed by atoms with Gasteiger partial charge in [-0.2, -0.15) is 5.10 Å².